The van der Waals surface area contributed by atoms with Gasteiger partial charge in [-0.15, -0.1) is 0 Å². The first-order valence-corrected chi connectivity index (χ1v) is 10.9. The number of carbonyl (C=O) groups is 1. The predicted molar refractivity (Wildman–Crippen MR) is 127 cm³/mol. The Morgan fingerprint density at radius 3 is 2.73 bits per heavy atom. The third-order valence-corrected chi connectivity index (χ3v) is 5.56. The Hall–Kier alpha value is -3.91. The van der Waals surface area contributed by atoms with E-state index < -0.39 is 0 Å². The Morgan fingerprint density at radius 2 is 1.94 bits per heavy atom. The Labute approximate surface area is 191 Å². The summed E-state index contributed by atoms with van der Waals surface area (Å²) in [5, 5.41) is 4.83. The number of ether oxygens (including phenoxy) is 1. The second-order valence-corrected chi connectivity index (χ2v) is 7.89. The second kappa shape index (κ2) is 9.30. The normalized spacial score (nSPS) is 14.3. The van der Waals surface area contributed by atoms with Crippen LogP contribution < -0.4 is 4.90 Å². The fourth-order valence-corrected chi connectivity index (χ4v) is 3.85. The van der Waals surface area contributed by atoms with Gasteiger partial charge >= 0.3 is 0 Å². The molecule has 0 aliphatic carbocycles. The van der Waals surface area contributed by atoms with Crippen molar-refractivity contribution in [2.75, 3.05) is 31.2 Å². The molecule has 1 aromatic carbocycles. The van der Waals surface area contributed by atoms with Gasteiger partial charge in [-0.25, -0.2) is 4.98 Å². The summed E-state index contributed by atoms with van der Waals surface area (Å²) < 4.78 is 7.43. The Balaban J connectivity index is 1.48. The number of hydrogen-bond donors (Lipinski definition) is 0. The molecule has 3 aromatic heterocycles. The Bertz CT molecular complexity index is 1310. The van der Waals surface area contributed by atoms with Crippen molar-refractivity contribution in [2.24, 2.45) is 4.99 Å². The minimum Gasteiger partial charge on any atom is -0.378 e. The first-order valence-electron chi connectivity index (χ1n) is 10.9. The van der Waals surface area contributed by atoms with Crippen molar-refractivity contribution in [3.63, 3.8) is 0 Å². The lowest BCUT2D eigenvalue weighted by molar-refractivity contribution is 0.101. The monoisotopic (exact) mass is 440 g/mol. The second-order valence-electron chi connectivity index (χ2n) is 7.89. The first-order chi connectivity index (χ1) is 16.2. The van der Waals surface area contributed by atoms with E-state index in [4.69, 9.17) is 14.8 Å². The molecule has 0 unspecified atom stereocenters. The molecule has 166 valence electrons. The Morgan fingerprint density at radius 1 is 1.12 bits per heavy atom. The van der Waals surface area contributed by atoms with Crippen LogP contribution in [0.2, 0.25) is 0 Å². The maximum atomic E-state index is 11.6. The fourth-order valence-electron chi connectivity index (χ4n) is 3.85. The number of benzene rings is 1. The third-order valence-electron chi connectivity index (χ3n) is 5.56. The number of aromatic nitrogens is 4. The quantitative estimate of drug-likeness (QED) is 0.337. The molecule has 1 aliphatic rings. The maximum absolute atomic E-state index is 11.6. The van der Waals surface area contributed by atoms with E-state index in [2.05, 4.69) is 14.9 Å². The van der Waals surface area contributed by atoms with Gasteiger partial charge in [0.25, 0.3) is 0 Å². The molecule has 0 atom stereocenters. The van der Waals surface area contributed by atoms with Crippen molar-refractivity contribution in [3.05, 3.63) is 77.7 Å². The highest BCUT2D eigenvalue weighted by Crippen LogP contribution is 2.24. The molecule has 0 bridgehead atoms. The summed E-state index contributed by atoms with van der Waals surface area (Å²) in [4.78, 5) is 27.4. The van der Waals surface area contributed by atoms with Gasteiger partial charge in [-0.2, -0.15) is 9.61 Å². The Kier molecular flexibility index (Phi) is 5.91. The smallest absolute Gasteiger partial charge is 0.159 e. The standard InChI is InChI=1S/C25H24N6O2/c1-18(32)21-4-2-3-19(13-21)16-27-17-22-14-25(30-9-11-33-12-10-30)31-24(28-22)15-23(29-31)20-5-7-26-8-6-20/h2-8,13-16H,9-12,17H2,1H3. The number of hydrogen-bond acceptors (Lipinski definition) is 7. The lowest BCUT2D eigenvalue weighted by atomic mass is 10.1. The van der Waals surface area contributed by atoms with Gasteiger partial charge in [-0.05, 0) is 30.7 Å². The molecule has 8 heteroatoms. The molecular weight excluding hydrogens is 416 g/mol. The van der Waals surface area contributed by atoms with Crippen molar-refractivity contribution in [1.82, 2.24) is 19.6 Å². The number of pyridine rings is 1. The lowest BCUT2D eigenvalue weighted by Crippen LogP contribution is -2.37. The van der Waals surface area contributed by atoms with Crippen LogP contribution in [0, 0.1) is 0 Å². The van der Waals surface area contributed by atoms with Crippen LogP contribution in [0.25, 0.3) is 16.9 Å². The molecule has 1 fully saturated rings. The van der Waals surface area contributed by atoms with Gasteiger partial charge in [-0.3, -0.25) is 14.8 Å². The highest BCUT2D eigenvalue weighted by atomic mass is 16.5. The van der Waals surface area contributed by atoms with Gasteiger partial charge < -0.3 is 9.64 Å². The number of rotatable bonds is 6. The average molecular weight is 441 g/mol. The maximum Gasteiger partial charge on any atom is 0.159 e. The molecule has 8 nitrogen and oxygen atoms in total. The van der Waals surface area contributed by atoms with E-state index in [0.29, 0.717) is 25.3 Å². The van der Waals surface area contributed by atoms with Gasteiger partial charge in [0.15, 0.2) is 11.4 Å². The zero-order valence-electron chi connectivity index (χ0n) is 18.4. The van der Waals surface area contributed by atoms with Crippen molar-refractivity contribution < 1.29 is 9.53 Å². The molecule has 0 N–H and O–H groups in total. The number of ketones is 1. The van der Waals surface area contributed by atoms with E-state index in [-0.39, 0.29) is 5.78 Å². The van der Waals surface area contributed by atoms with Crippen LogP contribution >= 0.6 is 0 Å². The summed E-state index contributed by atoms with van der Waals surface area (Å²) in [6.07, 6.45) is 5.30. The summed E-state index contributed by atoms with van der Waals surface area (Å²) >= 11 is 0. The molecular formula is C25H24N6O2. The summed E-state index contributed by atoms with van der Waals surface area (Å²) in [6, 6.07) is 15.4. The number of aliphatic imine (C=N–C) groups is 1. The fraction of sp³-hybridized carbons (Fsp3) is 0.240. The van der Waals surface area contributed by atoms with Gasteiger partial charge in [0.05, 0.1) is 31.1 Å². The van der Waals surface area contributed by atoms with E-state index in [9.17, 15) is 4.79 Å². The van der Waals surface area contributed by atoms with Crippen LogP contribution in [0.4, 0.5) is 5.82 Å². The van der Waals surface area contributed by atoms with Crippen molar-refractivity contribution in [1.29, 1.82) is 0 Å². The SMILES string of the molecule is CC(=O)c1cccc(C=NCc2cc(N3CCOCC3)n3nc(-c4ccncc4)cc3n2)c1. The topological polar surface area (TPSA) is 85.0 Å². The zero-order chi connectivity index (χ0) is 22.6. The highest BCUT2D eigenvalue weighted by Gasteiger charge is 2.18. The van der Waals surface area contributed by atoms with Crippen molar-refractivity contribution in [3.8, 4) is 11.3 Å². The largest absolute Gasteiger partial charge is 0.378 e. The van der Waals surface area contributed by atoms with E-state index in [0.717, 1.165) is 47.1 Å². The van der Waals surface area contributed by atoms with Crippen LogP contribution in [0.5, 0.6) is 0 Å². The molecule has 0 spiro atoms. The number of fused-ring (bicyclic) bond motifs is 1. The number of carbonyl (C=O) groups excluding carboxylic acids is 1. The van der Waals surface area contributed by atoms with E-state index in [1.807, 2.05) is 53.0 Å². The summed E-state index contributed by atoms with van der Waals surface area (Å²) in [6.45, 7) is 4.95. The zero-order valence-corrected chi connectivity index (χ0v) is 18.4. The van der Waals surface area contributed by atoms with Crippen LogP contribution in [-0.4, -0.2) is 57.9 Å². The summed E-state index contributed by atoms with van der Waals surface area (Å²) in [5.41, 5.74) is 5.03. The molecule has 5 rings (SSSR count). The van der Waals surface area contributed by atoms with Gasteiger partial charge in [0.2, 0.25) is 0 Å². The molecule has 4 aromatic rings. The molecule has 0 radical (unpaired) electrons. The molecule has 1 saturated heterocycles. The number of Topliss-reactive ketones (excluding diaryl/α,β-unsaturated/α-hetero) is 1. The number of nitrogens with zero attached hydrogens (tertiary/aromatic N) is 6. The van der Waals surface area contributed by atoms with Crippen LogP contribution in [0.3, 0.4) is 0 Å². The van der Waals surface area contributed by atoms with Gasteiger partial charge in [-0.1, -0.05) is 18.2 Å². The van der Waals surface area contributed by atoms with Crippen LogP contribution in [-0.2, 0) is 11.3 Å². The highest BCUT2D eigenvalue weighted by molar-refractivity contribution is 5.96. The van der Waals surface area contributed by atoms with E-state index in [1.54, 1.807) is 25.5 Å². The van der Waals surface area contributed by atoms with Gasteiger partial charge in [0, 0.05) is 55.0 Å². The van der Waals surface area contributed by atoms with E-state index in [1.165, 1.54) is 0 Å². The van der Waals surface area contributed by atoms with Crippen molar-refractivity contribution in [2.45, 2.75) is 13.5 Å². The minimum atomic E-state index is 0.0401. The van der Waals surface area contributed by atoms with Crippen LogP contribution in [0.15, 0.2) is 65.9 Å². The molecule has 0 saturated carbocycles. The molecule has 4 heterocycles. The van der Waals surface area contributed by atoms with E-state index >= 15 is 0 Å². The summed E-state index contributed by atoms with van der Waals surface area (Å²) in [7, 11) is 0. The minimum absolute atomic E-state index is 0.0401. The number of morpholine rings is 1. The van der Waals surface area contributed by atoms with Gasteiger partial charge in [0.1, 0.15) is 5.82 Å². The van der Waals surface area contributed by atoms with Crippen molar-refractivity contribution >= 4 is 23.5 Å². The molecule has 33 heavy (non-hydrogen) atoms. The third kappa shape index (κ3) is 4.65. The average Bonchev–Trinajstić information content (AvgIpc) is 3.29. The van der Waals surface area contributed by atoms with Crippen LogP contribution in [0.1, 0.15) is 28.5 Å². The molecule has 0 amide bonds. The first kappa shape index (κ1) is 21.0. The lowest BCUT2D eigenvalue weighted by Gasteiger charge is -2.29. The number of anilines is 1. The summed E-state index contributed by atoms with van der Waals surface area (Å²) in [5.74, 6) is 1.02. The molecule has 1 aliphatic heterocycles. The predicted octanol–water partition coefficient (Wildman–Crippen LogP) is 3.45.